The van der Waals surface area contributed by atoms with Crippen LogP contribution >= 0.6 is 0 Å². The molecule has 1 atom stereocenters. The highest BCUT2D eigenvalue weighted by atomic mass is 16.3. The van der Waals surface area contributed by atoms with Gasteiger partial charge in [0.1, 0.15) is 5.75 Å². The molecule has 0 aliphatic carbocycles. The fourth-order valence-corrected chi connectivity index (χ4v) is 3.26. The van der Waals surface area contributed by atoms with Gasteiger partial charge in [0.05, 0.1) is 13.1 Å². The van der Waals surface area contributed by atoms with Gasteiger partial charge >= 0.3 is 0 Å². The van der Waals surface area contributed by atoms with E-state index < -0.39 is 0 Å². The molecule has 3 aliphatic heterocycles. The first-order valence-electron chi connectivity index (χ1n) is 6.41. The first-order chi connectivity index (χ1) is 8.25. The van der Waals surface area contributed by atoms with Crippen LogP contribution in [-0.4, -0.2) is 30.0 Å². The van der Waals surface area contributed by atoms with E-state index in [1.807, 2.05) is 18.2 Å². The van der Waals surface area contributed by atoms with Crippen molar-refractivity contribution in [1.82, 2.24) is 0 Å². The largest absolute Gasteiger partial charge is 0.508 e. The molecule has 0 aromatic heterocycles. The average Bonchev–Trinajstić information content (AvgIpc) is 2.36. The number of para-hydroxylation sites is 1. The second-order valence-corrected chi connectivity index (χ2v) is 5.22. The summed E-state index contributed by atoms with van der Waals surface area (Å²) >= 11 is 0. The molecule has 1 aromatic carbocycles. The summed E-state index contributed by atoms with van der Waals surface area (Å²) in [6.07, 6.45) is 2.81. The summed E-state index contributed by atoms with van der Waals surface area (Å²) in [5.41, 5.74) is 0.908. The van der Waals surface area contributed by atoms with E-state index in [-0.39, 0.29) is 6.04 Å². The number of nitrogens with one attached hydrogen (secondary N) is 1. The summed E-state index contributed by atoms with van der Waals surface area (Å²) in [5, 5.41) is 9.78. The summed E-state index contributed by atoms with van der Waals surface area (Å²) in [6.45, 7) is 2.24. The zero-order chi connectivity index (χ0) is 11.8. The van der Waals surface area contributed by atoms with Gasteiger partial charge in [-0.05, 0) is 6.07 Å². The van der Waals surface area contributed by atoms with E-state index in [4.69, 9.17) is 0 Å². The number of rotatable bonds is 2. The van der Waals surface area contributed by atoms with E-state index in [2.05, 4.69) is 0 Å². The zero-order valence-electron chi connectivity index (χ0n) is 9.86. The molecule has 0 radical (unpaired) electrons. The lowest BCUT2D eigenvalue weighted by Crippen LogP contribution is -3.20. The Labute approximate surface area is 101 Å². The summed E-state index contributed by atoms with van der Waals surface area (Å²) in [5.74, 6) is 1.03. The van der Waals surface area contributed by atoms with Gasteiger partial charge in [-0.15, -0.1) is 0 Å². The van der Waals surface area contributed by atoms with Crippen molar-refractivity contribution in [2.45, 2.75) is 25.3 Å². The maximum Gasteiger partial charge on any atom is 0.193 e. The van der Waals surface area contributed by atoms with Crippen molar-refractivity contribution in [3.05, 3.63) is 29.8 Å². The van der Waals surface area contributed by atoms with Gasteiger partial charge in [0.25, 0.3) is 0 Å². The van der Waals surface area contributed by atoms with E-state index in [1.165, 1.54) is 4.90 Å². The maximum absolute atomic E-state index is 12.2. The third-order valence-electron chi connectivity index (χ3n) is 4.28. The first-order valence-corrected chi connectivity index (χ1v) is 6.41. The minimum Gasteiger partial charge on any atom is -0.508 e. The van der Waals surface area contributed by atoms with Crippen LogP contribution in [-0.2, 0) is 11.2 Å². The predicted octanol–water partition coefficient (Wildman–Crippen LogP) is 0.181. The first kappa shape index (κ1) is 10.8. The zero-order valence-corrected chi connectivity index (χ0v) is 9.86. The lowest BCUT2D eigenvalue weighted by molar-refractivity contribution is -0.927. The van der Waals surface area contributed by atoms with Crippen molar-refractivity contribution in [3.63, 3.8) is 0 Å². The van der Waals surface area contributed by atoms with Crippen LogP contribution in [0.25, 0.3) is 0 Å². The molecule has 3 aliphatic rings. The van der Waals surface area contributed by atoms with Crippen molar-refractivity contribution in [1.29, 1.82) is 0 Å². The summed E-state index contributed by atoms with van der Waals surface area (Å²) in [7, 11) is 0. The van der Waals surface area contributed by atoms with Gasteiger partial charge in [-0.3, -0.25) is 4.79 Å². The number of carbonyl (C=O) groups is 1. The van der Waals surface area contributed by atoms with Crippen LogP contribution in [0, 0.1) is 5.92 Å². The number of benzene rings is 1. The Hall–Kier alpha value is -1.35. The summed E-state index contributed by atoms with van der Waals surface area (Å²) < 4.78 is 0. The van der Waals surface area contributed by atoms with Crippen LogP contribution in [0.5, 0.6) is 5.75 Å². The molecule has 17 heavy (non-hydrogen) atoms. The second-order valence-electron chi connectivity index (χ2n) is 5.22. The topological polar surface area (TPSA) is 41.7 Å². The van der Waals surface area contributed by atoms with Gasteiger partial charge in [0.2, 0.25) is 0 Å². The Kier molecular flexibility index (Phi) is 2.63. The Morgan fingerprint density at radius 1 is 1.24 bits per heavy atom. The maximum atomic E-state index is 12.2. The summed E-state index contributed by atoms with van der Waals surface area (Å²) in [4.78, 5) is 13.6. The standard InChI is InChI=1S/C14H17NO2/c16-13-4-2-1-3-11(13)9-12-14(17)10-5-7-15(12)8-6-10/h1-4,10,12,16H,5-9H2/p+1/t12-/m1/s1. The normalized spacial score (nSPS) is 31.8. The van der Waals surface area contributed by atoms with E-state index >= 15 is 0 Å². The number of hydrogen-bond acceptors (Lipinski definition) is 2. The molecule has 0 amide bonds. The molecule has 0 saturated carbocycles. The van der Waals surface area contributed by atoms with E-state index in [0.29, 0.717) is 23.9 Å². The molecule has 0 unspecified atom stereocenters. The Bertz CT molecular complexity index is 436. The van der Waals surface area contributed by atoms with Gasteiger partial charge in [-0.25, -0.2) is 0 Å². The molecule has 1 aromatic rings. The van der Waals surface area contributed by atoms with Crippen molar-refractivity contribution < 1.29 is 14.8 Å². The highest BCUT2D eigenvalue weighted by Gasteiger charge is 2.44. The molecule has 3 nitrogen and oxygen atoms in total. The van der Waals surface area contributed by atoms with Crippen molar-refractivity contribution in [3.8, 4) is 5.75 Å². The minimum atomic E-state index is 0.0794. The number of carbonyl (C=O) groups excluding carboxylic acids is 1. The van der Waals surface area contributed by atoms with Crippen LogP contribution in [0.15, 0.2) is 24.3 Å². The highest BCUT2D eigenvalue weighted by molar-refractivity contribution is 5.86. The molecule has 3 fully saturated rings. The van der Waals surface area contributed by atoms with Gasteiger partial charge < -0.3 is 10.0 Å². The second kappa shape index (κ2) is 4.15. The monoisotopic (exact) mass is 232 g/mol. The smallest absolute Gasteiger partial charge is 0.193 e. The van der Waals surface area contributed by atoms with Gasteiger partial charge in [-0.1, -0.05) is 18.2 Å². The lowest BCUT2D eigenvalue weighted by atomic mass is 9.80. The summed E-state index contributed by atoms with van der Waals surface area (Å²) in [6, 6.07) is 7.44. The predicted molar refractivity (Wildman–Crippen MR) is 64.0 cm³/mol. The molecule has 90 valence electrons. The van der Waals surface area contributed by atoms with Crippen LogP contribution in [0.2, 0.25) is 0 Å². The fraction of sp³-hybridized carbons (Fsp3) is 0.500. The van der Waals surface area contributed by atoms with Crippen LogP contribution in [0.1, 0.15) is 18.4 Å². The van der Waals surface area contributed by atoms with E-state index in [9.17, 15) is 9.90 Å². The third-order valence-corrected chi connectivity index (χ3v) is 4.28. The van der Waals surface area contributed by atoms with Gasteiger partial charge in [-0.2, -0.15) is 0 Å². The lowest BCUT2D eigenvalue weighted by Gasteiger charge is -2.41. The number of hydrogen-bond donors (Lipinski definition) is 2. The van der Waals surface area contributed by atoms with Crippen LogP contribution in [0.3, 0.4) is 0 Å². The van der Waals surface area contributed by atoms with E-state index in [0.717, 1.165) is 31.5 Å². The molecule has 3 heteroatoms. The number of Topliss-reactive ketones (excluding diaryl/α,β-unsaturated/α-hetero) is 1. The SMILES string of the molecule is O=C1C2CC[NH+](CC2)[C@@H]1Cc1ccccc1O. The molecular formula is C14H18NO2+. The Balaban J connectivity index is 1.81. The third kappa shape index (κ3) is 1.84. The molecule has 0 spiro atoms. The van der Waals surface area contributed by atoms with Crippen LogP contribution < -0.4 is 4.90 Å². The molecule has 3 saturated heterocycles. The van der Waals surface area contributed by atoms with Gasteiger partial charge in [0.15, 0.2) is 11.8 Å². The quantitative estimate of drug-likeness (QED) is 0.764. The fourth-order valence-electron chi connectivity index (χ4n) is 3.26. The van der Waals surface area contributed by atoms with Crippen LogP contribution in [0.4, 0.5) is 0 Å². The van der Waals surface area contributed by atoms with Crippen molar-refractivity contribution >= 4 is 5.78 Å². The number of fused-ring (bicyclic) bond motifs is 3. The number of phenolic OH excluding ortho intramolecular Hbond substituents is 1. The minimum absolute atomic E-state index is 0.0794. The molecule has 2 N–H and O–H groups in total. The highest BCUT2D eigenvalue weighted by Crippen LogP contribution is 2.23. The number of piperidine rings is 3. The number of aromatic hydroxyl groups is 1. The Morgan fingerprint density at radius 3 is 2.59 bits per heavy atom. The number of quaternary nitrogens is 1. The molecule has 3 heterocycles. The van der Waals surface area contributed by atoms with Crippen molar-refractivity contribution in [2.24, 2.45) is 5.92 Å². The molecule has 4 rings (SSSR count). The number of ketones is 1. The molecular weight excluding hydrogens is 214 g/mol. The average molecular weight is 232 g/mol. The number of phenols is 1. The van der Waals surface area contributed by atoms with Gasteiger partial charge in [0, 0.05) is 30.7 Å². The molecule has 2 bridgehead atoms. The van der Waals surface area contributed by atoms with Crippen molar-refractivity contribution in [2.75, 3.05) is 13.1 Å². The van der Waals surface area contributed by atoms with E-state index in [1.54, 1.807) is 6.07 Å². The Morgan fingerprint density at radius 2 is 1.94 bits per heavy atom.